The Labute approximate surface area is 116 Å². The van der Waals surface area contributed by atoms with Gasteiger partial charge in [0.2, 0.25) is 0 Å². The second kappa shape index (κ2) is 6.47. The minimum absolute atomic E-state index is 0.186. The van der Waals surface area contributed by atoms with Gasteiger partial charge in [-0.1, -0.05) is 39.8 Å². The number of alkyl halides is 1. The molecule has 0 radical (unpaired) electrons. The van der Waals surface area contributed by atoms with Gasteiger partial charge in [0.15, 0.2) is 0 Å². The lowest BCUT2D eigenvalue weighted by Crippen LogP contribution is -2.21. The van der Waals surface area contributed by atoms with Crippen LogP contribution in [0.5, 0.6) is 5.75 Å². The van der Waals surface area contributed by atoms with Crippen molar-refractivity contribution in [1.29, 1.82) is 0 Å². The molecule has 1 aromatic rings. The zero-order chi connectivity index (χ0) is 13.8. The number of hydrogen-bond acceptors (Lipinski definition) is 1. The number of rotatable bonds is 5. The summed E-state index contributed by atoms with van der Waals surface area (Å²) in [4.78, 5) is 0. The molecule has 2 unspecified atom stereocenters. The predicted molar refractivity (Wildman–Crippen MR) is 79.6 cm³/mol. The molecule has 0 heterocycles. The molecule has 102 valence electrons. The van der Waals surface area contributed by atoms with E-state index in [1.54, 1.807) is 7.11 Å². The van der Waals surface area contributed by atoms with Crippen LogP contribution in [0.1, 0.15) is 39.7 Å². The van der Waals surface area contributed by atoms with Crippen LogP contribution in [0.2, 0.25) is 0 Å². The molecular weight excluding hydrogens is 244 g/mol. The van der Waals surface area contributed by atoms with E-state index in [1.165, 1.54) is 5.56 Å². The Morgan fingerprint density at radius 1 is 1.28 bits per heavy atom. The second-order valence-electron chi connectivity index (χ2n) is 6.16. The van der Waals surface area contributed by atoms with Crippen LogP contribution in [-0.2, 0) is 6.42 Å². The quantitative estimate of drug-likeness (QED) is 0.689. The van der Waals surface area contributed by atoms with Crippen LogP contribution in [0.25, 0.3) is 0 Å². The van der Waals surface area contributed by atoms with Gasteiger partial charge in [-0.2, -0.15) is 0 Å². The Kier molecular flexibility index (Phi) is 5.52. The molecule has 2 heteroatoms. The van der Waals surface area contributed by atoms with Crippen LogP contribution < -0.4 is 4.74 Å². The molecule has 0 N–H and O–H groups in total. The van der Waals surface area contributed by atoms with Gasteiger partial charge in [-0.3, -0.25) is 0 Å². The maximum atomic E-state index is 6.47. The number of benzene rings is 1. The van der Waals surface area contributed by atoms with Crippen LogP contribution in [0.3, 0.4) is 0 Å². The highest BCUT2D eigenvalue weighted by molar-refractivity contribution is 6.20. The average Bonchev–Trinajstić information content (AvgIpc) is 2.27. The van der Waals surface area contributed by atoms with Crippen molar-refractivity contribution in [2.24, 2.45) is 11.3 Å². The lowest BCUT2D eigenvalue weighted by Gasteiger charge is -2.29. The molecule has 0 bridgehead atoms. The summed E-state index contributed by atoms with van der Waals surface area (Å²) in [6.45, 7) is 9.09. The Balaban J connectivity index is 2.56. The van der Waals surface area contributed by atoms with E-state index in [0.717, 1.165) is 18.6 Å². The second-order valence-corrected chi connectivity index (χ2v) is 6.77. The summed E-state index contributed by atoms with van der Waals surface area (Å²) in [6.07, 6.45) is 1.95. The third kappa shape index (κ3) is 4.89. The Bertz CT molecular complexity index is 368. The highest BCUT2D eigenvalue weighted by Gasteiger charge is 2.22. The lowest BCUT2D eigenvalue weighted by atomic mass is 9.79. The van der Waals surface area contributed by atoms with Gasteiger partial charge in [-0.25, -0.2) is 0 Å². The van der Waals surface area contributed by atoms with Crippen molar-refractivity contribution in [3.05, 3.63) is 29.8 Å². The third-order valence-corrected chi connectivity index (χ3v) is 4.01. The van der Waals surface area contributed by atoms with Crippen LogP contribution >= 0.6 is 11.6 Å². The van der Waals surface area contributed by atoms with E-state index in [0.29, 0.717) is 11.3 Å². The van der Waals surface area contributed by atoms with E-state index in [9.17, 15) is 0 Å². The first-order chi connectivity index (χ1) is 8.32. The Morgan fingerprint density at radius 2 is 1.94 bits per heavy atom. The Morgan fingerprint density at radius 3 is 2.50 bits per heavy atom. The highest BCUT2D eigenvalue weighted by Crippen LogP contribution is 2.31. The maximum Gasteiger partial charge on any atom is 0.119 e. The van der Waals surface area contributed by atoms with Crippen LogP contribution in [0, 0.1) is 11.3 Å². The van der Waals surface area contributed by atoms with E-state index in [-0.39, 0.29) is 5.38 Å². The molecule has 2 atom stereocenters. The average molecular weight is 269 g/mol. The summed E-state index contributed by atoms with van der Waals surface area (Å²) in [5.41, 5.74) is 1.57. The standard InChI is InChI=1S/C16H25ClO/c1-12(16(2,3)4)9-14(17)10-13-7-6-8-15(11-13)18-5/h6-8,11-12,14H,9-10H2,1-5H3. The fourth-order valence-electron chi connectivity index (χ4n) is 1.88. The van der Waals surface area contributed by atoms with E-state index in [4.69, 9.17) is 16.3 Å². The van der Waals surface area contributed by atoms with Crippen molar-refractivity contribution in [2.45, 2.75) is 45.9 Å². The molecule has 1 nitrogen and oxygen atoms in total. The zero-order valence-corrected chi connectivity index (χ0v) is 12.9. The lowest BCUT2D eigenvalue weighted by molar-refractivity contribution is 0.244. The summed E-state index contributed by atoms with van der Waals surface area (Å²) in [5.74, 6) is 1.52. The zero-order valence-electron chi connectivity index (χ0n) is 12.2. The maximum absolute atomic E-state index is 6.47. The monoisotopic (exact) mass is 268 g/mol. The first kappa shape index (κ1) is 15.4. The normalized spacial score (nSPS) is 15.2. The van der Waals surface area contributed by atoms with Crippen molar-refractivity contribution in [2.75, 3.05) is 7.11 Å². The van der Waals surface area contributed by atoms with Crippen LogP contribution in [-0.4, -0.2) is 12.5 Å². The molecule has 0 saturated heterocycles. The molecular formula is C16H25ClO. The summed E-state index contributed by atoms with van der Waals surface area (Å²) < 4.78 is 5.23. The van der Waals surface area contributed by atoms with E-state index in [1.807, 2.05) is 12.1 Å². The van der Waals surface area contributed by atoms with Gasteiger partial charge in [0.05, 0.1) is 7.11 Å². The molecule has 0 aromatic heterocycles. The first-order valence-corrected chi connectivity index (χ1v) is 7.03. The summed E-state index contributed by atoms with van der Waals surface area (Å²) >= 11 is 6.47. The van der Waals surface area contributed by atoms with Crippen molar-refractivity contribution >= 4 is 11.6 Å². The minimum atomic E-state index is 0.186. The topological polar surface area (TPSA) is 9.23 Å². The highest BCUT2D eigenvalue weighted by atomic mass is 35.5. The smallest absolute Gasteiger partial charge is 0.119 e. The fourth-order valence-corrected chi connectivity index (χ4v) is 2.32. The molecule has 0 aliphatic rings. The molecule has 0 amide bonds. The van der Waals surface area contributed by atoms with Gasteiger partial charge >= 0.3 is 0 Å². The van der Waals surface area contributed by atoms with Crippen LogP contribution in [0.4, 0.5) is 0 Å². The van der Waals surface area contributed by atoms with Gasteiger partial charge in [0.1, 0.15) is 5.75 Å². The van der Waals surface area contributed by atoms with Gasteiger partial charge in [0.25, 0.3) is 0 Å². The molecule has 1 aromatic carbocycles. The first-order valence-electron chi connectivity index (χ1n) is 6.60. The Hall–Kier alpha value is -0.690. The minimum Gasteiger partial charge on any atom is -0.497 e. The fraction of sp³-hybridized carbons (Fsp3) is 0.625. The SMILES string of the molecule is COc1cccc(CC(Cl)CC(C)C(C)(C)C)c1. The number of methoxy groups -OCH3 is 1. The van der Waals surface area contributed by atoms with Crippen LogP contribution in [0.15, 0.2) is 24.3 Å². The van der Waals surface area contributed by atoms with E-state index in [2.05, 4.69) is 39.8 Å². The summed E-state index contributed by atoms with van der Waals surface area (Å²) in [7, 11) is 1.69. The van der Waals surface area contributed by atoms with Gasteiger partial charge in [0, 0.05) is 5.38 Å². The van der Waals surface area contributed by atoms with Crippen molar-refractivity contribution in [3.63, 3.8) is 0 Å². The number of ether oxygens (including phenoxy) is 1. The largest absolute Gasteiger partial charge is 0.497 e. The molecule has 0 saturated carbocycles. The van der Waals surface area contributed by atoms with Crippen molar-refractivity contribution in [1.82, 2.24) is 0 Å². The van der Waals surface area contributed by atoms with Crippen molar-refractivity contribution < 1.29 is 4.74 Å². The van der Waals surface area contributed by atoms with E-state index < -0.39 is 0 Å². The predicted octanol–water partition coefficient (Wildman–Crippen LogP) is 4.92. The van der Waals surface area contributed by atoms with Gasteiger partial charge in [-0.15, -0.1) is 11.6 Å². The number of halogens is 1. The third-order valence-electron chi connectivity index (χ3n) is 3.68. The number of hydrogen-bond donors (Lipinski definition) is 0. The van der Waals surface area contributed by atoms with Crippen molar-refractivity contribution in [3.8, 4) is 5.75 Å². The molecule has 0 aliphatic heterocycles. The molecule has 0 spiro atoms. The molecule has 0 fully saturated rings. The summed E-state index contributed by atoms with van der Waals surface area (Å²) in [6, 6.07) is 8.16. The van der Waals surface area contributed by atoms with Gasteiger partial charge < -0.3 is 4.74 Å². The molecule has 1 rings (SSSR count). The molecule has 0 aliphatic carbocycles. The van der Waals surface area contributed by atoms with E-state index >= 15 is 0 Å². The van der Waals surface area contributed by atoms with Gasteiger partial charge in [-0.05, 0) is 41.9 Å². The summed E-state index contributed by atoms with van der Waals surface area (Å²) in [5, 5.41) is 0.186. The molecule has 18 heavy (non-hydrogen) atoms.